The molecule has 1 saturated carbocycles. The third kappa shape index (κ3) is 3.54. The molecule has 2 heterocycles. The minimum absolute atomic E-state index is 0.213. The van der Waals surface area contributed by atoms with Crippen LogP contribution in [0.5, 0.6) is 0 Å². The van der Waals surface area contributed by atoms with Crippen molar-refractivity contribution in [2.24, 2.45) is 10.7 Å². The third-order valence-electron chi connectivity index (χ3n) is 4.07. The lowest BCUT2D eigenvalue weighted by molar-refractivity contribution is 0.150. The molecule has 2 aliphatic rings. The molecule has 2 fully saturated rings. The average molecular weight is 276 g/mol. The number of aliphatic imine (C=N–C) groups is 1. The summed E-state index contributed by atoms with van der Waals surface area (Å²) >= 11 is 0. The Morgan fingerprint density at radius 3 is 2.85 bits per heavy atom. The summed E-state index contributed by atoms with van der Waals surface area (Å²) in [6.07, 6.45) is 8.01. The Hall–Kier alpha value is -1.49. The monoisotopic (exact) mass is 276 g/mol. The summed E-state index contributed by atoms with van der Waals surface area (Å²) in [5.41, 5.74) is 5.94. The van der Waals surface area contributed by atoms with Gasteiger partial charge in [-0.2, -0.15) is 0 Å². The highest BCUT2D eigenvalue weighted by Gasteiger charge is 2.25. The zero-order valence-electron chi connectivity index (χ0n) is 11.9. The molecule has 0 bridgehead atoms. The molecule has 20 heavy (non-hydrogen) atoms. The van der Waals surface area contributed by atoms with Crippen LogP contribution in [0.3, 0.4) is 0 Å². The van der Waals surface area contributed by atoms with Crippen LogP contribution < -0.4 is 11.1 Å². The van der Waals surface area contributed by atoms with Crippen molar-refractivity contribution in [3.63, 3.8) is 0 Å². The number of hydrogen-bond donors (Lipinski definition) is 2. The number of nitrogens with one attached hydrogen (secondary N) is 1. The zero-order chi connectivity index (χ0) is 13.8. The molecule has 0 amide bonds. The van der Waals surface area contributed by atoms with Gasteiger partial charge in [0.25, 0.3) is 0 Å². The molecule has 1 aliphatic carbocycles. The maximum Gasteiger partial charge on any atom is 0.188 e. The Balaban J connectivity index is 1.64. The molecule has 0 spiro atoms. The fourth-order valence-corrected chi connectivity index (χ4v) is 2.76. The largest absolute Gasteiger partial charge is 0.468 e. The lowest BCUT2D eigenvalue weighted by Gasteiger charge is -2.32. The van der Waals surface area contributed by atoms with Gasteiger partial charge in [-0.15, -0.1) is 0 Å². The van der Waals surface area contributed by atoms with E-state index in [1.165, 1.54) is 32.1 Å². The highest BCUT2D eigenvalue weighted by atomic mass is 16.3. The van der Waals surface area contributed by atoms with Crippen LogP contribution in [-0.2, 0) is 0 Å². The molecule has 1 aromatic rings. The third-order valence-corrected chi connectivity index (χ3v) is 4.07. The van der Waals surface area contributed by atoms with Gasteiger partial charge in [0, 0.05) is 6.04 Å². The maximum absolute atomic E-state index is 5.94. The van der Waals surface area contributed by atoms with Gasteiger partial charge in [0.1, 0.15) is 5.76 Å². The smallest absolute Gasteiger partial charge is 0.188 e. The van der Waals surface area contributed by atoms with Crippen LogP contribution in [-0.4, -0.2) is 36.5 Å². The van der Waals surface area contributed by atoms with E-state index in [1.54, 1.807) is 6.26 Å². The quantitative estimate of drug-likeness (QED) is 0.636. The van der Waals surface area contributed by atoms with Crippen molar-refractivity contribution < 1.29 is 4.42 Å². The second-order valence-corrected chi connectivity index (χ2v) is 5.77. The highest BCUT2D eigenvalue weighted by Crippen LogP contribution is 2.25. The van der Waals surface area contributed by atoms with Crippen molar-refractivity contribution in [1.82, 2.24) is 10.2 Å². The molecule has 3 N–H and O–H groups in total. The fraction of sp³-hybridized carbons (Fsp3) is 0.667. The van der Waals surface area contributed by atoms with E-state index in [9.17, 15) is 0 Å². The molecule has 1 aromatic heterocycles. The number of rotatable bonds is 5. The SMILES string of the molecule is NC(=NCC(c1ccco1)N1CCCCC1)NC1CC1. The molecule has 1 unspecified atom stereocenters. The first kappa shape index (κ1) is 13.5. The first-order valence-corrected chi connectivity index (χ1v) is 7.67. The van der Waals surface area contributed by atoms with Crippen molar-refractivity contribution >= 4 is 5.96 Å². The van der Waals surface area contributed by atoms with E-state index in [-0.39, 0.29) is 6.04 Å². The summed E-state index contributed by atoms with van der Waals surface area (Å²) in [6.45, 7) is 2.91. The van der Waals surface area contributed by atoms with Crippen molar-refractivity contribution in [2.75, 3.05) is 19.6 Å². The van der Waals surface area contributed by atoms with Gasteiger partial charge in [-0.25, -0.2) is 0 Å². The number of guanidine groups is 1. The van der Waals surface area contributed by atoms with Gasteiger partial charge in [-0.3, -0.25) is 9.89 Å². The molecule has 1 atom stereocenters. The molecule has 3 rings (SSSR count). The molecule has 1 saturated heterocycles. The first-order chi connectivity index (χ1) is 9.83. The van der Waals surface area contributed by atoms with Gasteiger partial charge in [-0.05, 0) is 50.9 Å². The summed E-state index contributed by atoms with van der Waals surface area (Å²) in [4.78, 5) is 6.99. The van der Waals surface area contributed by atoms with Crippen LogP contribution in [0.2, 0.25) is 0 Å². The van der Waals surface area contributed by atoms with Crippen LogP contribution >= 0.6 is 0 Å². The van der Waals surface area contributed by atoms with Gasteiger partial charge in [0.05, 0.1) is 18.8 Å². The van der Waals surface area contributed by atoms with Crippen LogP contribution in [0.4, 0.5) is 0 Å². The fourth-order valence-electron chi connectivity index (χ4n) is 2.76. The zero-order valence-corrected chi connectivity index (χ0v) is 11.9. The predicted octanol–water partition coefficient (Wildman–Crippen LogP) is 1.87. The molecular weight excluding hydrogens is 252 g/mol. The van der Waals surface area contributed by atoms with E-state index in [4.69, 9.17) is 10.2 Å². The van der Waals surface area contributed by atoms with Crippen molar-refractivity contribution in [3.05, 3.63) is 24.2 Å². The highest BCUT2D eigenvalue weighted by molar-refractivity contribution is 5.78. The van der Waals surface area contributed by atoms with Crippen LogP contribution in [0, 0.1) is 0 Å². The van der Waals surface area contributed by atoms with E-state index in [0.29, 0.717) is 18.5 Å². The second-order valence-electron chi connectivity index (χ2n) is 5.77. The predicted molar refractivity (Wildman–Crippen MR) is 79.5 cm³/mol. The molecule has 5 nitrogen and oxygen atoms in total. The lowest BCUT2D eigenvalue weighted by Crippen LogP contribution is -2.37. The van der Waals surface area contributed by atoms with Crippen molar-refractivity contribution in [1.29, 1.82) is 0 Å². The molecule has 0 radical (unpaired) electrons. The summed E-state index contributed by atoms with van der Waals surface area (Å²) < 4.78 is 5.60. The lowest BCUT2D eigenvalue weighted by atomic mass is 10.1. The Labute approximate surface area is 120 Å². The Morgan fingerprint density at radius 2 is 2.20 bits per heavy atom. The number of nitrogens with zero attached hydrogens (tertiary/aromatic N) is 2. The van der Waals surface area contributed by atoms with E-state index >= 15 is 0 Å². The van der Waals surface area contributed by atoms with Gasteiger partial charge >= 0.3 is 0 Å². The van der Waals surface area contributed by atoms with Gasteiger partial charge in [-0.1, -0.05) is 6.42 Å². The number of hydrogen-bond acceptors (Lipinski definition) is 3. The molecule has 1 aliphatic heterocycles. The first-order valence-electron chi connectivity index (χ1n) is 7.67. The van der Waals surface area contributed by atoms with E-state index in [1.807, 2.05) is 12.1 Å². The minimum atomic E-state index is 0.213. The summed E-state index contributed by atoms with van der Waals surface area (Å²) in [5, 5.41) is 3.24. The molecule has 5 heteroatoms. The normalized spacial score (nSPS) is 22.7. The second kappa shape index (κ2) is 6.31. The Bertz CT molecular complexity index is 433. The maximum atomic E-state index is 5.94. The van der Waals surface area contributed by atoms with E-state index in [2.05, 4.69) is 15.2 Å². The standard InChI is InChI=1S/C15H24N4O/c16-15(18-12-6-7-12)17-11-13(14-5-4-10-20-14)19-8-2-1-3-9-19/h4-5,10,12-13H,1-3,6-9,11H2,(H3,16,17,18). The minimum Gasteiger partial charge on any atom is -0.468 e. The number of piperidine rings is 1. The Kier molecular flexibility index (Phi) is 4.25. The molecule has 0 aromatic carbocycles. The van der Waals surface area contributed by atoms with E-state index in [0.717, 1.165) is 18.8 Å². The molecular formula is C15H24N4O. The van der Waals surface area contributed by atoms with Gasteiger partial charge < -0.3 is 15.5 Å². The summed E-state index contributed by atoms with van der Waals surface area (Å²) in [6, 6.07) is 4.75. The summed E-state index contributed by atoms with van der Waals surface area (Å²) in [7, 11) is 0. The average Bonchev–Trinajstić information content (AvgIpc) is 3.12. The van der Waals surface area contributed by atoms with Gasteiger partial charge in [0.2, 0.25) is 0 Å². The number of likely N-dealkylation sites (tertiary alicyclic amines) is 1. The number of furan rings is 1. The van der Waals surface area contributed by atoms with Crippen molar-refractivity contribution in [2.45, 2.75) is 44.2 Å². The van der Waals surface area contributed by atoms with Crippen LogP contribution in [0.25, 0.3) is 0 Å². The van der Waals surface area contributed by atoms with Crippen LogP contribution in [0.15, 0.2) is 27.8 Å². The van der Waals surface area contributed by atoms with Crippen LogP contribution in [0.1, 0.15) is 43.9 Å². The number of nitrogens with two attached hydrogens (primary N) is 1. The van der Waals surface area contributed by atoms with Gasteiger partial charge in [0.15, 0.2) is 5.96 Å². The topological polar surface area (TPSA) is 66.8 Å². The molecule has 110 valence electrons. The Morgan fingerprint density at radius 1 is 1.40 bits per heavy atom. The van der Waals surface area contributed by atoms with Crippen molar-refractivity contribution in [3.8, 4) is 0 Å². The van der Waals surface area contributed by atoms with E-state index < -0.39 is 0 Å². The summed E-state index contributed by atoms with van der Waals surface area (Å²) in [5.74, 6) is 1.57.